The Bertz CT molecular complexity index is 499. The SMILES string of the molecule is O=C(NCCc1cncs1)c1cccc(Cl)c1. The van der Waals surface area contributed by atoms with Crippen LogP contribution in [0.5, 0.6) is 0 Å². The van der Waals surface area contributed by atoms with Crippen LogP contribution in [0.3, 0.4) is 0 Å². The van der Waals surface area contributed by atoms with Crippen molar-refractivity contribution >= 4 is 28.8 Å². The standard InChI is InChI=1S/C12H11ClN2OS/c13-10-3-1-2-9(6-10)12(16)15-5-4-11-7-14-8-17-11/h1-3,6-8H,4-5H2,(H,15,16). The van der Waals surface area contributed by atoms with E-state index in [1.54, 1.807) is 41.1 Å². The molecule has 1 amide bonds. The number of halogens is 1. The quantitative estimate of drug-likeness (QED) is 0.925. The first-order chi connectivity index (χ1) is 8.25. The van der Waals surface area contributed by atoms with E-state index in [1.165, 1.54) is 0 Å². The molecule has 1 heterocycles. The largest absolute Gasteiger partial charge is 0.352 e. The first-order valence-electron chi connectivity index (χ1n) is 5.17. The van der Waals surface area contributed by atoms with Gasteiger partial charge in [0.1, 0.15) is 0 Å². The summed E-state index contributed by atoms with van der Waals surface area (Å²) in [5.41, 5.74) is 2.37. The van der Waals surface area contributed by atoms with Gasteiger partial charge in [-0.2, -0.15) is 0 Å². The molecule has 3 nitrogen and oxygen atoms in total. The van der Waals surface area contributed by atoms with E-state index in [9.17, 15) is 4.79 Å². The lowest BCUT2D eigenvalue weighted by molar-refractivity contribution is 0.0954. The highest BCUT2D eigenvalue weighted by Crippen LogP contribution is 2.10. The van der Waals surface area contributed by atoms with Crippen LogP contribution < -0.4 is 5.32 Å². The Kier molecular flexibility index (Phi) is 4.12. The molecule has 17 heavy (non-hydrogen) atoms. The maximum Gasteiger partial charge on any atom is 0.251 e. The smallest absolute Gasteiger partial charge is 0.251 e. The second-order valence-corrected chi connectivity index (χ2v) is 4.89. The number of carbonyl (C=O) groups is 1. The summed E-state index contributed by atoms with van der Waals surface area (Å²) < 4.78 is 0. The second kappa shape index (κ2) is 5.80. The van der Waals surface area contributed by atoms with Gasteiger partial charge < -0.3 is 5.32 Å². The Labute approximate surface area is 108 Å². The number of nitrogens with zero attached hydrogens (tertiary/aromatic N) is 1. The summed E-state index contributed by atoms with van der Waals surface area (Å²) in [6, 6.07) is 6.91. The Morgan fingerprint density at radius 1 is 1.47 bits per heavy atom. The average Bonchev–Trinajstić information content (AvgIpc) is 2.82. The van der Waals surface area contributed by atoms with E-state index in [4.69, 9.17) is 11.6 Å². The molecule has 2 aromatic rings. The third-order valence-electron chi connectivity index (χ3n) is 2.23. The third-order valence-corrected chi connectivity index (χ3v) is 3.30. The van der Waals surface area contributed by atoms with Gasteiger partial charge in [-0.15, -0.1) is 11.3 Å². The fourth-order valence-electron chi connectivity index (χ4n) is 1.40. The monoisotopic (exact) mass is 266 g/mol. The number of rotatable bonds is 4. The second-order valence-electron chi connectivity index (χ2n) is 3.48. The van der Waals surface area contributed by atoms with Crippen LogP contribution in [-0.4, -0.2) is 17.4 Å². The summed E-state index contributed by atoms with van der Waals surface area (Å²) in [4.78, 5) is 16.9. The predicted molar refractivity (Wildman–Crippen MR) is 69.6 cm³/mol. The highest BCUT2D eigenvalue weighted by atomic mass is 35.5. The summed E-state index contributed by atoms with van der Waals surface area (Å²) in [5.74, 6) is -0.1000. The van der Waals surface area contributed by atoms with Crippen LogP contribution in [0.4, 0.5) is 0 Å². The van der Waals surface area contributed by atoms with Gasteiger partial charge in [-0.25, -0.2) is 0 Å². The molecule has 0 bridgehead atoms. The summed E-state index contributed by atoms with van der Waals surface area (Å²) in [6.45, 7) is 0.605. The molecule has 1 aromatic carbocycles. The van der Waals surface area contributed by atoms with Crippen LogP contribution in [-0.2, 0) is 6.42 Å². The molecule has 0 saturated heterocycles. The number of amides is 1. The number of hydrogen-bond acceptors (Lipinski definition) is 3. The number of carbonyl (C=O) groups excluding carboxylic acids is 1. The molecule has 0 aliphatic carbocycles. The van der Waals surface area contributed by atoms with Crippen molar-refractivity contribution in [3.63, 3.8) is 0 Å². The zero-order chi connectivity index (χ0) is 12.1. The van der Waals surface area contributed by atoms with Crippen LogP contribution in [0.25, 0.3) is 0 Å². The van der Waals surface area contributed by atoms with Gasteiger partial charge in [0.25, 0.3) is 5.91 Å². The molecule has 2 rings (SSSR count). The molecule has 0 atom stereocenters. The lowest BCUT2D eigenvalue weighted by Crippen LogP contribution is -2.25. The summed E-state index contributed by atoms with van der Waals surface area (Å²) in [7, 11) is 0. The topological polar surface area (TPSA) is 42.0 Å². The van der Waals surface area contributed by atoms with Gasteiger partial charge in [-0.05, 0) is 18.2 Å². The van der Waals surface area contributed by atoms with Crippen molar-refractivity contribution < 1.29 is 4.79 Å². The Morgan fingerprint density at radius 3 is 3.06 bits per heavy atom. The molecule has 0 radical (unpaired) electrons. The lowest BCUT2D eigenvalue weighted by Gasteiger charge is -2.04. The first kappa shape index (κ1) is 12.1. The van der Waals surface area contributed by atoms with E-state index in [1.807, 2.05) is 6.20 Å². The van der Waals surface area contributed by atoms with Crippen LogP contribution in [0.1, 0.15) is 15.2 Å². The highest BCUT2D eigenvalue weighted by Gasteiger charge is 2.05. The van der Waals surface area contributed by atoms with Crippen LogP contribution in [0, 0.1) is 0 Å². The number of hydrogen-bond donors (Lipinski definition) is 1. The minimum atomic E-state index is -0.1000. The van der Waals surface area contributed by atoms with Crippen molar-refractivity contribution in [1.29, 1.82) is 0 Å². The molecule has 1 aromatic heterocycles. The van der Waals surface area contributed by atoms with Crippen molar-refractivity contribution in [2.75, 3.05) is 6.54 Å². The number of aromatic nitrogens is 1. The van der Waals surface area contributed by atoms with Gasteiger partial charge in [0.15, 0.2) is 0 Å². The molecule has 88 valence electrons. The molecular weight excluding hydrogens is 256 g/mol. The molecule has 0 aliphatic rings. The molecule has 0 fully saturated rings. The van der Waals surface area contributed by atoms with Gasteiger partial charge in [-0.3, -0.25) is 9.78 Å². The molecular formula is C12H11ClN2OS. The van der Waals surface area contributed by atoms with E-state index in [2.05, 4.69) is 10.3 Å². The van der Waals surface area contributed by atoms with E-state index in [0.717, 1.165) is 11.3 Å². The van der Waals surface area contributed by atoms with Gasteiger partial charge in [0.05, 0.1) is 5.51 Å². The van der Waals surface area contributed by atoms with Crippen molar-refractivity contribution in [1.82, 2.24) is 10.3 Å². The summed E-state index contributed by atoms with van der Waals surface area (Å²) in [5, 5.41) is 3.42. The van der Waals surface area contributed by atoms with Crippen molar-refractivity contribution in [2.24, 2.45) is 0 Å². The van der Waals surface area contributed by atoms with Crippen LogP contribution in [0.15, 0.2) is 36.0 Å². The maximum absolute atomic E-state index is 11.7. The minimum Gasteiger partial charge on any atom is -0.352 e. The van der Waals surface area contributed by atoms with Crippen molar-refractivity contribution in [3.05, 3.63) is 51.4 Å². The molecule has 0 aliphatic heterocycles. The molecule has 0 saturated carbocycles. The van der Waals surface area contributed by atoms with E-state index in [0.29, 0.717) is 17.1 Å². The molecule has 1 N–H and O–H groups in total. The fraction of sp³-hybridized carbons (Fsp3) is 0.167. The van der Waals surface area contributed by atoms with E-state index in [-0.39, 0.29) is 5.91 Å². The lowest BCUT2D eigenvalue weighted by atomic mass is 10.2. The molecule has 5 heteroatoms. The van der Waals surface area contributed by atoms with Gasteiger partial charge in [0.2, 0.25) is 0 Å². The van der Waals surface area contributed by atoms with Crippen molar-refractivity contribution in [3.8, 4) is 0 Å². The third kappa shape index (κ3) is 3.54. The van der Waals surface area contributed by atoms with Crippen LogP contribution in [0.2, 0.25) is 5.02 Å². The Balaban J connectivity index is 1.85. The first-order valence-corrected chi connectivity index (χ1v) is 6.42. The van der Waals surface area contributed by atoms with Crippen LogP contribution >= 0.6 is 22.9 Å². The van der Waals surface area contributed by atoms with Crippen molar-refractivity contribution in [2.45, 2.75) is 6.42 Å². The Morgan fingerprint density at radius 2 is 2.35 bits per heavy atom. The maximum atomic E-state index is 11.7. The summed E-state index contributed by atoms with van der Waals surface area (Å²) >= 11 is 7.41. The number of nitrogens with one attached hydrogen (secondary N) is 1. The zero-order valence-electron chi connectivity index (χ0n) is 9.02. The van der Waals surface area contributed by atoms with Gasteiger partial charge >= 0.3 is 0 Å². The van der Waals surface area contributed by atoms with E-state index >= 15 is 0 Å². The van der Waals surface area contributed by atoms with E-state index < -0.39 is 0 Å². The highest BCUT2D eigenvalue weighted by molar-refractivity contribution is 7.09. The number of benzene rings is 1. The molecule has 0 unspecified atom stereocenters. The fourth-order valence-corrected chi connectivity index (χ4v) is 2.19. The summed E-state index contributed by atoms with van der Waals surface area (Å²) in [6.07, 6.45) is 2.62. The van der Waals surface area contributed by atoms with Gasteiger partial charge in [0, 0.05) is 34.6 Å². The minimum absolute atomic E-state index is 0.1000. The number of thiazole rings is 1. The Hall–Kier alpha value is -1.39. The zero-order valence-corrected chi connectivity index (χ0v) is 10.6. The molecule has 0 spiro atoms. The van der Waals surface area contributed by atoms with Gasteiger partial charge in [-0.1, -0.05) is 17.7 Å². The average molecular weight is 267 g/mol. The predicted octanol–water partition coefficient (Wildman–Crippen LogP) is 2.77. The normalized spacial score (nSPS) is 10.2.